The first-order valence-corrected chi connectivity index (χ1v) is 13.0. The van der Waals surface area contributed by atoms with Gasteiger partial charge < -0.3 is 4.48 Å². The lowest BCUT2D eigenvalue weighted by Gasteiger charge is -2.35. The number of quaternary nitrogens is 1. The lowest BCUT2D eigenvalue weighted by molar-refractivity contribution is -2.00. The molecule has 0 radical (unpaired) electrons. The third-order valence-electron chi connectivity index (χ3n) is 7.75. The molecule has 2 heterocycles. The number of fused-ring (bicyclic) bond motifs is 1. The van der Waals surface area contributed by atoms with Crippen LogP contribution in [0.5, 0.6) is 0 Å². The highest BCUT2D eigenvalue weighted by Crippen LogP contribution is 2.66. The van der Waals surface area contributed by atoms with Crippen LogP contribution < -0.4 is 18.6 Å². The molecule has 3 rings (SSSR count). The largest absolute Gasteiger partial charge is 0.308 e. The highest BCUT2D eigenvalue weighted by molar-refractivity contribution is 5.35. The van der Waals surface area contributed by atoms with Gasteiger partial charge in [0.25, 0.3) is 0 Å². The van der Waals surface area contributed by atoms with Gasteiger partial charge in [-0.3, -0.25) is 0 Å². The molecule has 2 aliphatic heterocycles. The molecule has 2 saturated heterocycles. The standard InChI is InChI=1S/C24H40N.ClHO4/c1-4-7-8-9-10-14-19-25-20-18-23(17-5-2,24(25,6-3)21-25)22-15-12-11-13-16-22;2-1(3,4)5/h11-13,15-16H,4-10,14,17-21H2,1-3H3;(H,2,3,4,5)/q+1;/p-1. The van der Waals surface area contributed by atoms with Crippen molar-refractivity contribution in [2.75, 3.05) is 19.6 Å². The minimum atomic E-state index is -4.94. The normalized spacial score (nSPS) is 29.8. The summed E-state index contributed by atoms with van der Waals surface area (Å²) < 4.78 is 35.4. The Bertz CT molecular complexity index is 632. The Morgan fingerprint density at radius 3 is 2.03 bits per heavy atom. The molecule has 2 aliphatic rings. The highest BCUT2D eigenvalue weighted by atomic mass is 35.7. The quantitative estimate of drug-likeness (QED) is 0.297. The van der Waals surface area contributed by atoms with Crippen LogP contribution in [0.15, 0.2) is 30.3 Å². The third-order valence-corrected chi connectivity index (χ3v) is 7.75. The van der Waals surface area contributed by atoms with Crippen molar-refractivity contribution < 1.29 is 33.4 Å². The molecule has 0 aliphatic carbocycles. The Hall–Kier alpha value is -0.690. The maximum atomic E-state index is 8.49. The van der Waals surface area contributed by atoms with Gasteiger partial charge in [0.1, 0.15) is 6.54 Å². The van der Waals surface area contributed by atoms with Crippen molar-refractivity contribution >= 4 is 0 Å². The van der Waals surface area contributed by atoms with E-state index in [-0.39, 0.29) is 0 Å². The summed E-state index contributed by atoms with van der Waals surface area (Å²) in [4.78, 5) is 0. The number of benzene rings is 1. The molecular weight excluding hydrogens is 402 g/mol. The number of nitrogens with zero attached hydrogens (tertiary/aromatic N) is 1. The van der Waals surface area contributed by atoms with Crippen LogP contribution in [-0.4, -0.2) is 29.7 Å². The average molecular weight is 442 g/mol. The van der Waals surface area contributed by atoms with Crippen molar-refractivity contribution in [2.45, 2.75) is 95.9 Å². The minimum absolute atomic E-state index is 0.444. The molecule has 0 N–H and O–H groups in total. The van der Waals surface area contributed by atoms with E-state index in [2.05, 4.69) is 51.1 Å². The Labute approximate surface area is 185 Å². The predicted molar refractivity (Wildman–Crippen MR) is 109 cm³/mol. The molecule has 5 nitrogen and oxygen atoms in total. The first kappa shape index (κ1) is 25.6. The number of hydrogen-bond acceptors (Lipinski definition) is 4. The summed E-state index contributed by atoms with van der Waals surface area (Å²) in [6, 6.07) is 11.6. The first-order chi connectivity index (χ1) is 14.2. The molecule has 1 aromatic carbocycles. The van der Waals surface area contributed by atoms with E-state index in [1.807, 2.05) is 0 Å². The molecule has 0 bridgehead atoms. The van der Waals surface area contributed by atoms with Crippen molar-refractivity contribution in [3.05, 3.63) is 35.9 Å². The SMILES string of the molecule is CCCCCCCC[N+]12CCC(CCC)(c3ccccc3)C1(CC)C2.[O-][Cl+3]([O-])([O-])[O-]. The lowest BCUT2D eigenvalue weighted by Crippen LogP contribution is -2.68. The zero-order valence-corrected chi connectivity index (χ0v) is 19.8. The molecular formula is C24H40ClNO4. The van der Waals surface area contributed by atoms with Crippen LogP contribution in [-0.2, 0) is 5.41 Å². The summed E-state index contributed by atoms with van der Waals surface area (Å²) in [5.74, 6) is 0. The molecule has 3 unspecified atom stereocenters. The summed E-state index contributed by atoms with van der Waals surface area (Å²) in [6.45, 7) is 11.5. The van der Waals surface area contributed by atoms with E-state index in [4.69, 9.17) is 18.6 Å². The fourth-order valence-corrected chi connectivity index (χ4v) is 6.49. The third kappa shape index (κ3) is 5.56. The second-order valence-electron chi connectivity index (χ2n) is 9.23. The van der Waals surface area contributed by atoms with Gasteiger partial charge in [0, 0.05) is 12.8 Å². The maximum absolute atomic E-state index is 8.49. The van der Waals surface area contributed by atoms with Gasteiger partial charge >= 0.3 is 0 Å². The fourth-order valence-electron chi connectivity index (χ4n) is 6.49. The Morgan fingerprint density at radius 2 is 1.47 bits per heavy atom. The van der Waals surface area contributed by atoms with E-state index < -0.39 is 10.2 Å². The van der Waals surface area contributed by atoms with Crippen LogP contribution in [0, 0.1) is 10.2 Å². The van der Waals surface area contributed by atoms with Gasteiger partial charge in [0.05, 0.1) is 18.5 Å². The van der Waals surface area contributed by atoms with Gasteiger partial charge in [-0.1, -0.05) is 83.2 Å². The van der Waals surface area contributed by atoms with Crippen LogP contribution >= 0.6 is 0 Å². The van der Waals surface area contributed by atoms with Gasteiger partial charge in [0.2, 0.25) is 0 Å². The second kappa shape index (κ2) is 10.8. The lowest BCUT2D eigenvalue weighted by atomic mass is 9.65. The summed E-state index contributed by atoms with van der Waals surface area (Å²) in [5.41, 5.74) is 2.63. The first-order valence-electron chi connectivity index (χ1n) is 11.7. The van der Waals surface area contributed by atoms with E-state index in [1.54, 1.807) is 5.56 Å². The van der Waals surface area contributed by atoms with Gasteiger partial charge in [-0.15, -0.1) is 10.2 Å². The minimum Gasteiger partial charge on any atom is -0.308 e. The van der Waals surface area contributed by atoms with Crippen LogP contribution in [0.3, 0.4) is 0 Å². The van der Waals surface area contributed by atoms with Crippen molar-refractivity contribution in [3.8, 4) is 0 Å². The summed E-state index contributed by atoms with van der Waals surface area (Å²) in [6.07, 6.45) is 14.0. The van der Waals surface area contributed by atoms with E-state index in [0.717, 1.165) is 0 Å². The van der Waals surface area contributed by atoms with Crippen LogP contribution in [0.25, 0.3) is 0 Å². The van der Waals surface area contributed by atoms with Crippen molar-refractivity contribution in [3.63, 3.8) is 0 Å². The van der Waals surface area contributed by atoms with Crippen LogP contribution in [0.1, 0.15) is 90.5 Å². The fraction of sp³-hybridized carbons (Fsp3) is 0.750. The molecule has 0 aromatic heterocycles. The molecule has 2 fully saturated rings. The summed E-state index contributed by atoms with van der Waals surface area (Å²) >= 11 is 0. The second-order valence-corrected chi connectivity index (χ2v) is 9.99. The Balaban J connectivity index is 0.000000575. The van der Waals surface area contributed by atoms with Crippen molar-refractivity contribution in [2.24, 2.45) is 0 Å². The molecule has 6 heteroatoms. The predicted octanol–water partition coefficient (Wildman–Crippen LogP) is 1.71. The zero-order valence-electron chi connectivity index (χ0n) is 19.0. The number of hydrogen-bond donors (Lipinski definition) is 0. The molecule has 30 heavy (non-hydrogen) atoms. The van der Waals surface area contributed by atoms with Gasteiger partial charge in [0.15, 0.2) is 5.54 Å². The number of unbranched alkanes of at least 4 members (excludes halogenated alkanes) is 5. The molecule has 1 aromatic rings. The topological polar surface area (TPSA) is 92.2 Å². The van der Waals surface area contributed by atoms with Crippen LogP contribution in [0.2, 0.25) is 0 Å². The average Bonchev–Trinajstić information content (AvgIpc) is 3.29. The Morgan fingerprint density at radius 1 is 0.867 bits per heavy atom. The number of halogens is 1. The molecule has 0 spiro atoms. The van der Waals surface area contributed by atoms with E-state index in [0.29, 0.717) is 11.0 Å². The molecule has 172 valence electrons. The van der Waals surface area contributed by atoms with Gasteiger partial charge in [-0.2, -0.15) is 0 Å². The van der Waals surface area contributed by atoms with Crippen molar-refractivity contribution in [1.29, 1.82) is 0 Å². The van der Waals surface area contributed by atoms with Gasteiger partial charge in [-0.25, -0.2) is 18.6 Å². The van der Waals surface area contributed by atoms with Gasteiger partial charge in [-0.05, 0) is 24.8 Å². The number of piperidine rings is 1. The maximum Gasteiger partial charge on any atom is 0.158 e. The molecule has 0 amide bonds. The van der Waals surface area contributed by atoms with Crippen LogP contribution in [0.4, 0.5) is 0 Å². The van der Waals surface area contributed by atoms with E-state index >= 15 is 0 Å². The van der Waals surface area contributed by atoms with E-state index in [9.17, 15) is 0 Å². The smallest absolute Gasteiger partial charge is 0.158 e. The summed E-state index contributed by atoms with van der Waals surface area (Å²) in [7, 11) is -4.94. The zero-order chi connectivity index (χ0) is 22.3. The summed E-state index contributed by atoms with van der Waals surface area (Å²) in [5, 5.41) is 0. The molecule has 0 saturated carbocycles. The number of rotatable bonds is 11. The Kier molecular flexibility index (Phi) is 9.17. The monoisotopic (exact) mass is 441 g/mol. The van der Waals surface area contributed by atoms with Crippen molar-refractivity contribution in [1.82, 2.24) is 0 Å². The highest BCUT2D eigenvalue weighted by Gasteiger charge is 2.81. The van der Waals surface area contributed by atoms with E-state index in [1.165, 1.54) is 88.3 Å². The molecule has 3 atom stereocenters.